The zero-order valence-corrected chi connectivity index (χ0v) is 69.3. The maximum absolute atomic E-state index is 13.6. The minimum Gasteiger partial charge on any atom is -0.481 e. The second-order valence-corrected chi connectivity index (χ2v) is 30.8. The molecular formula is C91H152O20. The average molecular weight is 1570 g/mol. The molecule has 20 nitrogen and oxygen atoms in total. The third-order valence-corrected chi connectivity index (χ3v) is 20.9. The van der Waals surface area contributed by atoms with Crippen LogP contribution >= 0.6 is 0 Å². The lowest BCUT2D eigenvalue weighted by molar-refractivity contribution is -0.167. The summed E-state index contributed by atoms with van der Waals surface area (Å²) in [4.78, 5) is 114. The SMILES string of the molecule is CCCCCCCCC(CCCCCCCCCO)COC(=O)C(CC(=O)O)C(/C=C/C=C\C/C=C\CCCCCCCC(=O)OC[C@H](COC(=O)CCCCCCC/C=C\C=C\C(CCCCC)C(CC(=O)O)C(=O)OCC(O)CO)OC(=O)CCCCCC/C=C/C(CCCCCCCC)C1CC(=O)OC1=O)CC. The highest BCUT2D eigenvalue weighted by Crippen LogP contribution is 2.32. The monoisotopic (exact) mass is 1570 g/mol. The van der Waals surface area contributed by atoms with Crippen LogP contribution in [0.15, 0.2) is 72.9 Å². The molecule has 1 rings (SSSR count). The minimum atomic E-state index is -1.24. The maximum atomic E-state index is 13.6. The van der Waals surface area contributed by atoms with Crippen LogP contribution in [0.5, 0.6) is 0 Å². The van der Waals surface area contributed by atoms with E-state index in [1.54, 1.807) is 0 Å². The van der Waals surface area contributed by atoms with E-state index in [-0.39, 0.29) is 75.6 Å². The van der Waals surface area contributed by atoms with E-state index in [1.165, 1.54) is 57.8 Å². The van der Waals surface area contributed by atoms with Crippen molar-refractivity contribution < 1.29 is 97.1 Å². The van der Waals surface area contributed by atoms with E-state index >= 15 is 0 Å². The zero-order valence-electron chi connectivity index (χ0n) is 69.3. The van der Waals surface area contributed by atoms with Gasteiger partial charge in [0.05, 0.1) is 50.2 Å². The van der Waals surface area contributed by atoms with Crippen LogP contribution in [0.2, 0.25) is 0 Å². The molecular weight excluding hydrogens is 1410 g/mol. The van der Waals surface area contributed by atoms with Gasteiger partial charge in [0.1, 0.15) is 25.9 Å². The normalized spacial score (nSPS) is 15.5. The highest BCUT2D eigenvalue weighted by atomic mass is 16.6. The van der Waals surface area contributed by atoms with Gasteiger partial charge in [-0.15, -0.1) is 0 Å². The quantitative estimate of drug-likeness (QED) is 0.00943. The fraction of sp³-hybridized carbons (Fsp3) is 0.769. The summed E-state index contributed by atoms with van der Waals surface area (Å²) in [5.41, 5.74) is 0. The lowest BCUT2D eigenvalue weighted by Gasteiger charge is -2.23. The number of allylic oxidation sites excluding steroid dienone is 12. The highest BCUT2D eigenvalue weighted by Gasteiger charge is 2.38. The molecule has 20 heteroatoms. The van der Waals surface area contributed by atoms with Crippen molar-refractivity contribution in [2.45, 2.75) is 367 Å². The van der Waals surface area contributed by atoms with E-state index < -0.39 is 103 Å². The molecule has 1 heterocycles. The van der Waals surface area contributed by atoms with Gasteiger partial charge in [-0.2, -0.15) is 0 Å². The van der Waals surface area contributed by atoms with Crippen molar-refractivity contribution >= 4 is 53.7 Å². The Morgan fingerprint density at radius 1 is 0.432 bits per heavy atom. The Kier molecular flexibility index (Phi) is 67.3. The van der Waals surface area contributed by atoms with E-state index in [1.807, 2.05) is 55.5 Å². The number of carboxylic acid groups (broad SMARTS) is 2. The minimum absolute atomic E-state index is 0.0355. The molecule has 636 valence electrons. The number of aliphatic hydroxyl groups excluding tert-OH is 3. The summed E-state index contributed by atoms with van der Waals surface area (Å²) in [7, 11) is 0. The molecule has 111 heavy (non-hydrogen) atoms. The Hall–Kier alpha value is -6.25. The van der Waals surface area contributed by atoms with Crippen LogP contribution in [0.1, 0.15) is 355 Å². The van der Waals surface area contributed by atoms with Crippen LogP contribution in [-0.4, -0.2) is 131 Å². The van der Waals surface area contributed by atoms with Gasteiger partial charge in [0.2, 0.25) is 0 Å². The molecule has 1 aliphatic heterocycles. The highest BCUT2D eigenvalue weighted by molar-refractivity contribution is 5.95. The van der Waals surface area contributed by atoms with Gasteiger partial charge in [-0.1, -0.05) is 287 Å². The molecule has 0 aromatic rings. The second kappa shape index (κ2) is 72.7. The molecule has 0 radical (unpaired) electrons. The Morgan fingerprint density at radius 3 is 1.37 bits per heavy atom. The summed E-state index contributed by atoms with van der Waals surface area (Å²) in [6.45, 7) is 7.53. The number of carboxylic acids is 2. The molecule has 0 saturated carbocycles. The summed E-state index contributed by atoms with van der Waals surface area (Å²) < 4.78 is 33.0. The number of carbonyl (C=O) groups excluding carboxylic acids is 7. The first-order chi connectivity index (χ1) is 53.9. The number of rotatable bonds is 77. The topological polar surface area (TPSA) is 310 Å². The van der Waals surface area contributed by atoms with E-state index in [9.17, 15) is 58.5 Å². The first-order valence-electron chi connectivity index (χ1n) is 43.8. The fourth-order valence-corrected chi connectivity index (χ4v) is 14.0. The number of hydrogen-bond acceptors (Lipinski definition) is 18. The van der Waals surface area contributed by atoms with E-state index in [0.717, 1.165) is 199 Å². The van der Waals surface area contributed by atoms with Crippen LogP contribution in [0.4, 0.5) is 0 Å². The summed E-state index contributed by atoms with van der Waals surface area (Å²) in [6.07, 6.45) is 64.9. The van der Waals surface area contributed by atoms with Crippen molar-refractivity contribution in [2.75, 3.05) is 39.6 Å². The molecule has 0 spiro atoms. The average Bonchev–Trinajstić information content (AvgIpc) is 1.80. The van der Waals surface area contributed by atoms with Gasteiger partial charge in [-0.25, -0.2) is 0 Å². The molecule has 9 atom stereocenters. The molecule has 0 aliphatic carbocycles. The number of aliphatic hydroxyl groups is 3. The van der Waals surface area contributed by atoms with Crippen LogP contribution in [0.25, 0.3) is 0 Å². The number of hydrogen-bond donors (Lipinski definition) is 5. The number of aliphatic carboxylic acids is 2. The van der Waals surface area contributed by atoms with Gasteiger partial charge in [-0.05, 0) is 126 Å². The van der Waals surface area contributed by atoms with Crippen LogP contribution in [0.3, 0.4) is 0 Å². The van der Waals surface area contributed by atoms with Crippen molar-refractivity contribution in [2.24, 2.45) is 41.4 Å². The summed E-state index contributed by atoms with van der Waals surface area (Å²) in [5, 5.41) is 47.3. The predicted octanol–water partition coefficient (Wildman–Crippen LogP) is 20.3. The Balaban J connectivity index is 2.76. The molecule has 0 bridgehead atoms. The van der Waals surface area contributed by atoms with Gasteiger partial charge in [0.25, 0.3) is 0 Å². The van der Waals surface area contributed by atoms with Gasteiger partial charge < -0.3 is 54.0 Å². The van der Waals surface area contributed by atoms with Crippen LogP contribution < -0.4 is 0 Å². The second-order valence-electron chi connectivity index (χ2n) is 30.8. The van der Waals surface area contributed by atoms with E-state index in [2.05, 4.69) is 45.1 Å². The number of unbranched alkanes of at least 4 members (excludes halogenated alkanes) is 32. The standard InChI is InChI=1S/C91H152O20/c1-5-9-12-14-34-45-55-74(56-46-35-26-25-33-43-54-65-92)70-108-89(103)80(66-83(95)96)75(8-4)57-47-37-27-21-18-16-17-19-23-29-40-51-62-85(99)106-72-79(110-87(101)64-53-42-32-31-39-50-61-77(60-48-36-15-13-10-6-2)82-68-88(102)111-91(82)105)73-107-86(100)63-52-41-30-24-20-22-28-38-49-59-76(58-44-11-7-3)81(67-84(97)98)90(104)109-71-78(94)69-93/h16,18,27-28,37-38,47,49-50,57,59,61,74-82,92-94H,5-15,17,19-26,29-36,39-46,48,51-56,58,60,62-73H2,1-4H3,(H,95,96)(H,97,98)/b18-16-,37-27-,38-28-,57-47+,59-49+,61-50+/t74?,75?,76?,77?,78?,79-,80?,81?,82?/m1/s1. The van der Waals surface area contributed by atoms with E-state index in [0.29, 0.717) is 38.7 Å². The molecule has 1 saturated heterocycles. The number of cyclic esters (lactones) is 2. The molecule has 0 aromatic carbocycles. The number of ether oxygens (including phenoxy) is 6. The molecule has 5 N–H and O–H groups in total. The lowest BCUT2D eigenvalue weighted by atomic mass is 9.85. The molecule has 8 unspecified atom stereocenters. The molecule has 0 aromatic heterocycles. The first-order valence-corrected chi connectivity index (χ1v) is 43.8. The van der Waals surface area contributed by atoms with Gasteiger partial charge in [-0.3, -0.25) is 43.2 Å². The van der Waals surface area contributed by atoms with Gasteiger partial charge >= 0.3 is 53.7 Å². The zero-order chi connectivity index (χ0) is 81.4. The Bertz CT molecular complexity index is 2610. The summed E-state index contributed by atoms with van der Waals surface area (Å²) in [5.74, 6) is -8.06. The molecule has 0 amide bonds. The third kappa shape index (κ3) is 59.2. The van der Waals surface area contributed by atoms with Gasteiger partial charge in [0.15, 0.2) is 6.10 Å². The van der Waals surface area contributed by atoms with Gasteiger partial charge in [0, 0.05) is 25.9 Å². The first kappa shape index (κ1) is 103. The molecule has 1 aliphatic rings. The maximum Gasteiger partial charge on any atom is 0.317 e. The van der Waals surface area contributed by atoms with Crippen LogP contribution in [0, 0.1) is 41.4 Å². The lowest BCUT2D eigenvalue weighted by Crippen LogP contribution is -2.31. The Labute approximate surface area is 669 Å². The van der Waals surface area contributed by atoms with Crippen molar-refractivity contribution in [3.63, 3.8) is 0 Å². The molecule has 1 fully saturated rings. The smallest absolute Gasteiger partial charge is 0.317 e. The van der Waals surface area contributed by atoms with Crippen LogP contribution in [-0.2, 0) is 71.6 Å². The predicted molar refractivity (Wildman–Crippen MR) is 438 cm³/mol. The van der Waals surface area contributed by atoms with Crippen molar-refractivity contribution in [1.82, 2.24) is 0 Å². The van der Waals surface area contributed by atoms with Crippen molar-refractivity contribution in [1.29, 1.82) is 0 Å². The number of carbonyl (C=O) groups is 9. The fourth-order valence-electron chi connectivity index (χ4n) is 14.0. The summed E-state index contributed by atoms with van der Waals surface area (Å²) >= 11 is 0. The van der Waals surface area contributed by atoms with Crippen molar-refractivity contribution in [3.05, 3.63) is 72.9 Å². The van der Waals surface area contributed by atoms with Crippen molar-refractivity contribution in [3.8, 4) is 0 Å². The summed E-state index contributed by atoms with van der Waals surface area (Å²) in [6, 6.07) is 0. The Morgan fingerprint density at radius 2 is 0.865 bits per heavy atom. The third-order valence-electron chi connectivity index (χ3n) is 20.9. The number of esters is 7. The largest absolute Gasteiger partial charge is 0.481 e. The van der Waals surface area contributed by atoms with E-state index in [4.69, 9.17) is 38.6 Å².